The number of sulfone groups is 1. The maximum absolute atomic E-state index is 13.7. The molecule has 0 bridgehead atoms. The normalized spacial score (nSPS) is 11.2. The Bertz CT molecular complexity index is 1350. The van der Waals surface area contributed by atoms with Gasteiger partial charge in [0.25, 0.3) is 0 Å². The molecule has 4 aromatic rings. The fourth-order valence-electron chi connectivity index (χ4n) is 3.48. The van der Waals surface area contributed by atoms with Crippen LogP contribution in [0.1, 0.15) is 31.8 Å². The zero-order valence-corrected chi connectivity index (χ0v) is 18.3. The zero-order chi connectivity index (χ0) is 23.6. The second-order valence-corrected chi connectivity index (χ2v) is 9.28. The third-order valence-corrected chi connectivity index (χ3v) is 7.06. The van der Waals surface area contributed by atoms with Crippen LogP contribution < -0.4 is 11.5 Å². The number of hydrogen-bond donors (Lipinski definition) is 2. The maximum atomic E-state index is 13.7. The molecular formula is C26H20N2O4S. The summed E-state index contributed by atoms with van der Waals surface area (Å²) in [7, 11) is -4.21. The summed E-state index contributed by atoms with van der Waals surface area (Å²) in [6, 6.07) is 24.4. The van der Waals surface area contributed by atoms with E-state index in [0.717, 1.165) is 0 Å². The summed E-state index contributed by atoms with van der Waals surface area (Å²) in [5, 5.41) is 0. The summed E-state index contributed by atoms with van der Waals surface area (Å²) >= 11 is 0. The Kier molecular flexibility index (Phi) is 5.81. The molecule has 0 aliphatic rings. The van der Waals surface area contributed by atoms with Gasteiger partial charge < -0.3 is 11.5 Å². The van der Waals surface area contributed by atoms with Crippen LogP contribution in [0, 0.1) is 0 Å². The number of anilines is 2. The molecule has 7 heteroatoms. The Hall–Kier alpha value is -4.23. The van der Waals surface area contributed by atoms with E-state index in [4.69, 9.17) is 11.5 Å². The highest BCUT2D eigenvalue weighted by Crippen LogP contribution is 2.29. The van der Waals surface area contributed by atoms with E-state index in [1.54, 1.807) is 60.7 Å². The second kappa shape index (κ2) is 8.72. The molecule has 33 heavy (non-hydrogen) atoms. The molecule has 0 radical (unpaired) electrons. The van der Waals surface area contributed by atoms with Crippen LogP contribution in [0.2, 0.25) is 0 Å². The predicted octanol–water partition coefficient (Wildman–Crippen LogP) is 4.15. The summed E-state index contributed by atoms with van der Waals surface area (Å²) in [5.74, 6) is -0.923. The summed E-state index contributed by atoms with van der Waals surface area (Å²) in [5.41, 5.74) is 13.0. The fourth-order valence-corrected chi connectivity index (χ4v) is 5.13. The fraction of sp³-hybridized carbons (Fsp3) is 0. The Labute approximate surface area is 191 Å². The summed E-state index contributed by atoms with van der Waals surface area (Å²) in [6.07, 6.45) is 0. The second-order valence-electron chi connectivity index (χ2n) is 7.40. The molecule has 0 aromatic heterocycles. The smallest absolute Gasteiger partial charge is 0.208 e. The average Bonchev–Trinajstić information content (AvgIpc) is 2.84. The van der Waals surface area contributed by atoms with Crippen LogP contribution in [0.25, 0.3) is 0 Å². The van der Waals surface area contributed by atoms with E-state index in [1.165, 1.54) is 36.4 Å². The van der Waals surface area contributed by atoms with Gasteiger partial charge in [0.15, 0.2) is 11.6 Å². The van der Waals surface area contributed by atoms with Crippen molar-refractivity contribution in [2.45, 2.75) is 9.79 Å². The van der Waals surface area contributed by atoms with E-state index in [0.29, 0.717) is 22.5 Å². The van der Waals surface area contributed by atoms with Crippen molar-refractivity contribution >= 4 is 32.8 Å². The summed E-state index contributed by atoms with van der Waals surface area (Å²) in [6.45, 7) is 0. The van der Waals surface area contributed by atoms with Crippen molar-refractivity contribution in [2.75, 3.05) is 11.5 Å². The van der Waals surface area contributed by atoms with Crippen LogP contribution in [0.3, 0.4) is 0 Å². The van der Waals surface area contributed by atoms with Gasteiger partial charge in [0.2, 0.25) is 9.84 Å². The largest absolute Gasteiger partial charge is 0.399 e. The lowest BCUT2D eigenvalue weighted by molar-refractivity contribution is 0.102. The highest BCUT2D eigenvalue weighted by atomic mass is 32.2. The van der Waals surface area contributed by atoms with Crippen molar-refractivity contribution in [3.63, 3.8) is 0 Å². The number of ketones is 2. The van der Waals surface area contributed by atoms with Gasteiger partial charge in [-0.1, -0.05) is 24.3 Å². The van der Waals surface area contributed by atoms with Gasteiger partial charge in [-0.15, -0.1) is 0 Å². The number of hydrogen-bond acceptors (Lipinski definition) is 6. The molecule has 0 saturated heterocycles. The van der Waals surface area contributed by atoms with Gasteiger partial charge in [-0.3, -0.25) is 9.59 Å². The van der Waals surface area contributed by atoms with Crippen molar-refractivity contribution < 1.29 is 18.0 Å². The molecule has 0 aliphatic heterocycles. The number of carbonyl (C=O) groups excluding carboxylic acids is 2. The van der Waals surface area contributed by atoms with Crippen LogP contribution in [-0.2, 0) is 9.84 Å². The molecule has 0 amide bonds. The lowest BCUT2D eigenvalue weighted by Crippen LogP contribution is -2.14. The van der Waals surface area contributed by atoms with Crippen molar-refractivity contribution in [2.24, 2.45) is 0 Å². The van der Waals surface area contributed by atoms with Gasteiger partial charge in [-0.05, 0) is 72.8 Å². The molecular weight excluding hydrogens is 436 g/mol. The first kappa shape index (κ1) is 22.0. The van der Waals surface area contributed by atoms with Crippen LogP contribution in [0.4, 0.5) is 11.4 Å². The zero-order valence-electron chi connectivity index (χ0n) is 17.4. The Morgan fingerprint density at radius 1 is 0.515 bits per heavy atom. The third-order valence-electron chi connectivity index (χ3n) is 5.19. The van der Waals surface area contributed by atoms with Crippen molar-refractivity contribution in [3.05, 3.63) is 119 Å². The van der Waals surface area contributed by atoms with Crippen LogP contribution in [0.5, 0.6) is 0 Å². The number of rotatable bonds is 6. The van der Waals surface area contributed by atoms with Crippen LogP contribution >= 0.6 is 0 Å². The predicted molar refractivity (Wildman–Crippen MR) is 127 cm³/mol. The standard InChI is InChI=1S/C26H20N2O4S/c27-19-13-9-17(10-14-19)25(29)21-5-1-3-7-23(21)33(31,32)24-8-4-2-6-22(24)26(30)18-11-15-20(28)16-12-18/h1-16H,27-28H2. The molecule has 0 spiro atoms. The average molecular weight is 457 g/mol. The molecule has 6 nitrogen and oxygen atoms in total. The summed E-state index contributed by atoms with van der Waals surface area (Å²) in [4.78, 5) is 25.9. The molecule has 0 heterocycles. The van der Waals surface area contributed by atoms with E-state index in [9.17, 15) is 18.0 Å². The Morgan fingerprint density at radius 2 is 0.848 bits per heavy atom. The monoisotopic (exact) mass is 456 g/mol. The molecule has 164 valence electrons. The lowest BCUT2D eigenvalue weighted by Gasteiger charge is -2.13. The Morgan fingerprint density at radius 3 is 1.21 bits per heavy atom. The van der Waals surface area contributed by atoms with E-state index < -0.39 is 21.4 Å². The number of benzene rings is 4. The van der Waals surface area contributed by atoms with Crippen molar-refractivity contribution in [1.82, 2.24) is 0 Å². The van der Waals surface area contributed by atoms with E-state index in [1.807, 2.05) is 0 Å². The Balaban J connectivity index is 1.83. The summed E-state index contributed by atoms with van der Waals surface area (Å²) < 4.78 is 27.4. The van der Waals surface area contributed by atoms with E-state index in [-0.39, 0.29) is 20.9 Å². The van der Waals surface area contributed by atoms with Gasteiger partial charge >= 0.3 is 0 Å². The molecule has 0 fully saturated rings. The highest BCUT2D eigenvalue weighted by Gasteiger charge is 2.29. The first-order valence-corrected chi connectivity index (χ1v) is 11.5. The van der Waals surface area contributed by atoms with Gasteiger partial charge in [-0.2, -0.15) is 0 Å². The maximum Gasteiger partial charge on any atom is 0.208 e. The van der Waals surface area contributed by atoms with Crippen LogP contribution in [-0.4, -0.2) is 20.0 Å². The highest BCUT2D eigenvalue weighted by molar-refractivity contribution is 7.91. The lowest BCUT2D eigenvalue weighted by atomic mass is 10.0. The van der Waals surface area contributed by atoms with Gasteiger partial charge in [0.05, 0.1) is 9.79 Å². The molecule has 0 unspecified atom stereocenters. The van der Waals surface area contributed by atoms with Gasteiger partial charge in [-0.25, -0.2) is 8.42 Å². The molecule has 0 aliphatic carbocycles. The third kappa shape index (κ3) is 4.26. The van der Waals surface area contributed by atoms with Gasteiger partial charge in [0.1, 0.15) is 0 Å². The van der Waals surface area contributed by atoms with E-state index in [2.05, 4.69) is 0 Å². The number of nitrogen functional groups attached to an aromatic ring is 2. The minimum absolute atomic E-state index is 0.0111. The number of nitrogens with two attached hydrogens (primary N) is 2. The molecule has 4 N–H and O–H groups in total. The molecule has 4 rings (SSSR count). The quantitative estimate of drug-likeness (QED) is 0.332. The SMILES string of the molecule is Nc1ccc(C(=O)c2ccccc2S(=O)(=O)c2ccccc2C(=O)c2ccc(N)cc2)cc1. The topological polar surface area (TPSA) is 120 Å². The first-order chi connectivity index (χ1) is 15.8. The number of carbonyl (C=O) groups is 2. The first-order valence-electron chi connectivity index (χ1n) is 10.0. The van der Waals surface area contributed by atoms with Crippen molar-refractivity contribution in [1.29, 1.82) is 0 Å². The molecule has 4 aromatic carbocycles. The van der Waals surface area contributed by atoms with Gasteiger partial charge in [0, 0.05) is 33.6 Å². The van der Waals surface area contributed by atoms with Crippen LogP contribution in [0.15, 0.2) is 107 Å². The molecule has 0 atom stereocenters. The minimum Gasteiger partial charge on any atom is -0.399 e. The minimum atomic E-state index is -4.21. The van der Waals surface area contributed by atoms with Crippen molar-refractivity contribution in [3.8, 4) is 0 Å². The van der Waals surface area contributed by atoms with E-state index >= 15 is 0 Å². The molecule has 0 saturated carbocycles.